The molecule has 110 valence electrons. The van der Waals surface area contributed by atoms with E-state index in [0.717, 1.165) is 5.56 Å². The van der Waals surface area contributed by atoms with E-state index in [2.05, 4.69) is 0 Å². The van der Waals surface area contributed by atoms with Gasteiger partial charge in [-0.15, -0.1) is 0 Å². The van der Waals surface area contributed by atoms with Gasteiger partial charge in [-0.05, 0) is 37.6 Å². The summed E-state index contributed by atoms with van der Waals surface area (Å²) in [6.07, 6.45) is 0. The molecule has 0 heterocycles. The van der Waals surface area contributed by atoms with Crippen molar-refractivity contribution in [1.82, 2.24) is 0 Å². The molecule has 0 amide bonds. The van der Waals surface area contributed by atoms with E-state index in [1.807, 2.05) is 0 Å². The van der Waals surface area contributed by atoms with E-state index >= 15 is 0 Å². The summed E-state index contributed by atoms with van der Waals surface area (Å²) in [5, 5.41) is 20.7. The van der Waals surface area contributed by atoms with E-state index in [9.17, 15) is 15.2 Å². The molecule has 0 spiro atoms. The number of halogens is 1. The Morgan fingerprint density at radius 2 is 1.95 bits per heavy atom. The van der Waals surface area contributed by atoms with Crippen LogP contribution in [0.4, 0.5) is 5.69 Å². The van der Waals surface area contributed by atoms with Gasteiger partial charge in [0.2, 0.25) is 0 Å². The second-order valence-electron chi connectivity index (χ2n) is 4.64. The van der Waals surface area contributed by atoms with Gasteiger partial charge in [-0.3, -0.25) is 10.1 Å². The van der Waals surface area contributed by atoms with Crippen LogP contribution in [0.2, 0.25) is 5.02 Å². The molecule has 2 aromatic carbocycles. The molecule has 0 fully saturated rings. The topological polar surface area (TPSA) is 72.6 Å². The lowest BCUT2D eigenvalue weighted by Crippen LogP contribution is -1.97. The molecule has 21 heavy (non-hydrogen) atoms. The van der Waals surface area contributed by atoms with Crippen molar-refractivity contribution in [3.63, 3.8) is 0 Å². The standard InChI is InChI=1S/C15H14ClNO4/c1-9-6-10(2)15(7-13(9)17(19)20)21-14-5-3-4-12(16)11(14)8-18/h3-7,18H,8H2,1-2H3. The number of aryl methyl sites for hydroxylation is 2. The first-order chi connectivity index (χ1) is 9.93. The Kier molecular flexibility index (Phi) is 4.45. The van der Waals surface area contributed by atoms with Crippen molar-refractivity contribution in [2.75, 3.05) is 0 Å². The highest BCUT2D eigenvalue weighted by Crippen LogP contribution is 2.35. The van der Waals surface area contributed by atoms with E-state index in [4.69, 9.17) is 16.3 Å². The average molecular weight is 308 g/mol. The Labute approximate surface area is 126 Å². The molecule has 0 bridgehead atoms. The third-order valence-corrected chi connectivity index (χ3v) is 3.50. The minimum absolute atomic E-state index is 0.0109. The minimum Gasteiger partial charge on any atom is -0.456 e. The lowest BCUT2D eigenvalue weighted by Gasteiger charge is -2.13. The van der Waals surface area contributed by atoms with Gasteiger partial charge in [0.25, 0.3) is 5.69 Å². The molecule has 0 saturated carbocycles. The van der Waals surface area contributed by atoms with Gasteiger partial charge in [-0.2, -0.15) is 0 Å². The van der Waals surface area contributed by atoms with E-state index < -0.39 is 4.92 Å². The number of rotatable bonds is 4. The van der Waals surface area contributed by atoms with Crippen LogP contribution in [-0.2, 0) is 6.61 Å². The Morgan fingerprint density at radius 3 is 2.57 bits per heavy atom. The molecule has 1 N–H and O–H groups in total. The summed E-state index contributed by atoms with van der Waals surface area (Å²) in [6.45, 7) is 3.20. The number of benzene rings is 2. The van der Waals surface area contributed by atoms with Crippen LogP contribution in [0.25, 0.3) is 0 Å². The van der Waals surface area contributed by atoms with Gasteiger partial charge >= 0.3 is 0 Å². The van der Waals surface area contributed by atoms with Crippen molar-refractivity contribution >= 4 is 17.3 Å². The summed E-state index contributed by atoms with van der Waals surface area (Å²) in [7, 11) is 0. The number of hydrogen-bond acceptors (Lipinski definition) is 4. The second kappa shape index (κ2) is 6.11. The summed E-state index contributed by atoms with van der Waals surface area (Å²) in [5.74, 6) is 0.746. The summed E-state index contributed by atoms with van der Waals surface area (Å²) in [6, 6.07) is 8.06. The van der Waals surface area contributed by atoms with Crippen molar-refractivity contribution in [2.24, 2.45) is 0 Å². The number of hydrogen-bond donors (Lipinski definition) is 1. The quantitative estimate of drug-likeness (QED) is 0.680. The molecule has 6 heteroatoms. The van der Waals surface area contributed by atoms with Crippen molar-refractivity contribution < 1.29 is 14.8 Å². The van der Waals surface area contributed by atoms with E-state index in [1.54, 1.807) is 38.1 Å². The van der Waals surface area contributed by atoms with Gasteiger partial charge in [0.05, 0.1) is 17.6 Å². The Balaban J connectivity index is 2.47. The molecule has 2 aromatic rings. The fraction of sp³-hybridized carbons (Fsp3) is 0.200. The van der Waals surface area contributed by atoms with Crippen LogP contribution in [0.3, 0.4) is 0 Å². The summed E-state index contributed by atoms with van der Waals surface area (Å²) in [4.78, 5) is 10.6. The number of nitro groups is 1. The van der Waals surface area contributed by atoms with Crippen LogP contribution < -0.4 is 4.74 Å². The average Bonchev–Trinajstić information content (AvgIpc) is 2.41. The number of nitro benzene ring substituents is 1. The smallest absolute Gasteiger partial charge is 0.276 e. The zero-order chi connectivity index (χ0) is 15.6. The number of nitrogens with zero attached hydrogens (tertiary/aromatic N) is 1. The first-order valence-electron chi connectivity index (χ1n) is 6.25. The Hall–Kier alpha value is -2.11. The van der Waals surface area contributed by atoms with Crippen LogP contribution in [-0.4, -0.2) is 10.0 Å². The molecule has 5 nitrogen and oxygen atoms in total. The maximum absolute atomic E-state index is 11.0. The van der Waals surface area contributed by atoms with Crippen LogP contribution in [0.1, 0.15) is 16.7 Å². The highest BCUT2D eigenvalue weighted by Gasteiger charge is 2.16. The minimum atomic E-state index is -0.452. The molecule has 0 saturated heterocycles. The molecule has 2 rings (SSSR count). The first kappa shape index (κ1) is 15.3. The monoisotopic (exact) mass is 307 g/mol. The molecule has 0 aliphatic heterocycles. The van der Waals surface area contributed by atoms with Crippen LogP contribution in [0.15, 0.2) is 30.3 Å². The predicted octanol–water partition coefficient (Wildman–Crippen LogP) is 4.15. The number of aliphatic hydroxyl groups excluding tert-OH is 1. The molecule has 0 unspecified atom stereocenters. The predicted molar refractivity (Wildman–Crippen MR) is 80.0 cm³/mol. The molecule has 0 aliphatic carbocycles. The summed E-state index contributed by atoms with van der Waals surface area (Å²) < 4.78 is 5.71. The van der Waals surface area contributed by atoms with Crippen LogP contribution in [0, 0.1) is 24.0 Å². The molecular formula is C15H14ClNO4. The lowest BCUT2D eigenvalue weighted by molar-refractivity contribution is -0.385. The van der Waals surface area contributed by atoms with Crippen molar-refractivity contribution in [3.05, 3.63) is 62.2 Å². The molecule has 0 aromatic heterocycles. The zero-order valence-electron chi connectivity index (χ0n) is 11.6. The highest BCUT2D eigenvalue weighted by atomic mass is 35.5. The van der Waals surface area contributed by atoms with Gasteiger partial charge < -0.3 is 9.84 Å². The van der Waals surface area contributed by atoms with Crippen LogP contribution >= 0.6 is 11.6 Å². The largest absolute Gasteiger partial charge is 0.456 e. The van der Waals surface area contributed by atoms with E-state index in [1.165, 1.54) is 6.07 Å². The Bertz CT molecular complexity index is 700. The van der Waals surface area contributed by atoms with Gasteiger partial charge in [-0.25, -0.2) is 0 Å². The van der Waals surface area contributed by atoms with Gasteiger partial charge in [0.1, 0.15) is 11.5 Å². The maximum Gasteiger partial charge on any atom is 0.276 e. The van der Waals surface area contributed by atoms with Crippen molar-refractivity contribution in [1.29, 1.82) is 0 Å². The SMILES string of the molecule is Cc1cc(C)c([N+](=O)[O-])cc1Oc1cccc(Cl)c1CO. The van der Waals surface area contributed by atoms with Gasteiger partial charge in [0, 0.05) is 16.1 Å². The first-order valence-corrected chi connectivity index (χ1v) is 6.63. The third-order valence-electron chi connectivity index (χ3n) is 3.14. The second-order valence-corrected chi connectivity index (χ2v) is 5.05. The third kappa shape index (κ3) is 3.15. The van der Waals surface area contributed by atoms with Gasteiger partial charge in [0.15, 0.2) is 0 Å². The fourth-order valence-corrected chi connectivity index (χ4v) is 2.26. The molecule has 0 aliphatic rings. The lowest BCUT2D eigenvalue weighted by atomic mass is 10.1. The normalized spacial score (nSPS) is 10.5. The summed E-state index contributed by atoms with van der Waals surface area (Å²) >= 11 is 5.99. The fourth-order valence-electron chi connectivity index (χ4n) is 2.03. The molecule has 0 radical (unpaired) electrons. The highest BCUT2D eigenvalue weighted by molar-refractivity contribution is 6.31. The zero-order valence-corrected chi connectivity index (χ0v) is 12.3. The van der Waals surface area contributed by atoms with Crippen molar-refractivity contribution in [2.45, 2.75) is 20.5 Å². The maximum atomic E-state index is 11.0. The Morgan fingerprint density at radius 1 is 1.24 bits per heavy atom. The summed E-state index contributed by atoms with van der Waals surface area (Å²) in [5.41, 5.74) is 1.77. The van der Waals surface area contributed by atoms with Crippen molar-refractivity contribution in [3.8, 4) is 11.5 Å². The molecule has 0 atom stereocenters. The van der Waals surface area contributed by atoms with Gasteiger partial charge in [-0.1, -0.05) is 17.7 Å². The van der Waals surface area contributed by atoms with Crippen LogP contribution in [0.5, 0.6) is 11.5 Å². The number of aliphatic hydroxyl groups is 1. The number of ether oxygens (including phenoxy) is 1. The van der Waals surface area contributed by atoms with E-state index in [-0.39, 0.29) is 12.3 Å². The molecular weight excluding hydrogens is 294 g/mol. The van der Waals surface area contributed by atoms with E-state index in [0.29, 0.717) is 27.6 Å².